The minimum absolute atomic E-state index is 0.0413. The van der Waals surface area contributed by atoms with Gasteiger partial charge in [0.05, 0.1) is 12.5 Å². The van der Waals surface area contributed by atoms with E-state index >= 15 is 0 Å². The molecule has 1 heterocycles. The molecule has 4 heteroatoms. The zero-order chi connectivity index (χ0) is 18.2. The van der Waals surface area contributed by atoms with Gasteiger partial charge in [0.25, 0.3) is 0 Å². The van der Waals surface area contributed by atoms with Crippen molar-refractivity contribution in [3.05, 3.63) is 23.8 Å². The first kappa shape index (κ1) is 18.2. The van der Waals surface area contributed by atoms with Gasteiger partial charge in [-0.2, -0.15) is 0 Å². The second kappa shape index (κ2) is 6.62. The first-order chi connectivity index (χ1) is 11.8. The van der Waals surface area contributed by atoms with Crippen molar-refractivity contribution in [3.8, 4) is 0 Å². The third-order valence-corrected chi connectivity index (χ3v) is 7.18. The highest BCUT2D eigenvalue weighted by Crippen LogP contribution is 2.62. The molecule has 2 aliphatic carbocycles. The number of hydrogen-bond donors (Lipinski definition) is 0. The maximum absolute atomic E-state index is 12.6. The van der Waals surface area contributed by atoms with Gasteiger partial charge in [-0.05, 0) is 68.8 Å². The van der Waals surface area contributed by atoms with Crippen LogP contribution in [-0.4, -0.2) is 25.7 Å². The van der Waals surface area contributed by atoms with Crippen LogP contribution in [0, 0.1) is 22.7 Å². The van der Waals surface area contributed by atoms with Gasteiger partial charge >= 0.3 is 11.9 Å². The molecule has 0 amide bonds. The van der Waals surface area contributed by atoms with Gasteiger partial charge in [-0.15, -0.1) is 0 Å². The maximum atomic E-state index is 12.6. The molecular formula is C21H30O4. The summed E-state index contributed by atoms with van der Waals surface area (Å²) in [7, 11) is 1.50. The summed E-state index contributed by atoms with van der Waals surface area (Å²) in [6.07, 6.45) is 8.54. The molecule has 3 rings (SSSR count). The van der Waals surface area contributed by atoms with Crippen molar-refractivity contribution in [1.82, 2.24) is 0 Å². The Balaban J connectivity index is 1.84. The Morgan fingerprint density at radius 1 is 1.40 bits per heavy atom. The number of ether oxygens (including phenoxy) is 2. The van der Waals surface area contributed by atoms with Crippen molar-refractivity contribution in [2.24, 2.45) is 22.7 Å². The number of carbonyl (C=O) groups excluding carboxylic acids is 2. The quantitative estimate of drug-likeness (QED) is 0.565. The van der Waals surface area contributed by atoms with Crippen LogP contribution in [0.5, 0.6) is 0 Å². The molecule has 0 aromatic rings. The zero-order valence-electron chi connectivity index (χ0n) is 15.7. The lowest BCUT2D eigenvalue weighted by molar-refractivity contribution is -0.168. The fraction of sp³-hybridized carbons (Fsp3) is 0.714. The summed E-state index contributed by atoms with van der Waals surface area (Å²) in [5.41, 5.74) is 1.70. The van der Waals surface area contributed by atoms with Crippen LogP contribution in [0.3, 0.4) is 0 Å². The van der Waals surface area contributed by atoms with Crippen molar-refractivity contribution >= 4 is 11.9 Å². The van der Waals surface area contributed by atoms with Crippen molar-refractivity contribution in [3.63, 3.8) is 0 Å². The number of fused-ring (bicyclic) bond motifs is 1. The smallest absolute Gasteiger partial charge is 0.334 e. The van der Waals surface area contributed by atoms with E-state index in [-0.39, 0.29) is 17.4 Å². The summed E-state index contributed by atoms with van der Waals surface area (Å²) < 4.78 is 10.2. The minimum atomic E-state index is -0.410. The first-order valence-corrected chi connectivity index (χ1v) is 9.45. The summed E-state index contributed by atoms with van der Waals surface area (Å²) in [5, 5.41) is 0. The maximum Gasteiger partial charge on any atom is 0.334 e. The van der Waals surface area contributed by atoms with Crippen molar-refractivity contribution in [2.75, 3.05) is 13.7 Å². The van der Waals surface area contributed by atoms with Crippen molar-refractivity contribution in [1.29, 1.82) is 0 Å². The number of rotatable bonds is 4. The molecular weight excluding hydrogens is 316 g/mol. The highest BCUT2D eigenvalue weighted by molar-refractivity contribution is 5.90. The second-order valence-electron chi connectivity index (χ2n) is 8.44. The van der Waals surface area contributed by atoms with Crippen LogP contribution in [0.4, 0.5) is 0 Å². The van der Waals surface area contributed by atoms with E-state index in [1.807, 2.05) is 6.08 Å². The summed E-state index contributed by atoms with van der Waals surface area (Å²) in [4.78, 5) is 24.3. The second-order valence-corrected chi connectivity index (χ2v) is 8.44. The topological polar surface area (TPSA) is 52.6 Å². The van der Waals surface area contributed by atoms with E-state index in [4.69, 9.17) is 9.47 Å². The molecule has 0 aromatic heterocycles. The SMILES string of the molecule is C=C1CC[C@@H]2[C@](C)(CCC[C@]2(C)C(=O)OC)[C@@H]1CCC1=CCOC1=O. The molecule has 0 N–H and O–H groups in total. The van der Waals surface area contributed by atoms with Crippen LogP contribution < -0.4 is 0 Å². The average Bonchev–Trinajstić information content (AvgIpc) is 2.98. The fourth-order valence-corrected chi connectivity index (χ4v) is 5.86. The normalized spacial score (nSPS) is 38.0. The van der Waals surface area contributed by atoms with Gasteiger partial charge < -0.3 is 9.47 Å². The molecule has 2 fully saturated rings. The molecule has 0 spiro atoms. The van der Waals surface area contributed by atoms with Gasteiger partial charge in [0, 0.05) is 5.57 Å². The van der Waals surface area contributed by atoms with Gasteiger partial charge in [-0.25, -0.2) is 4.79 Å². The average molecular weight is 346 g/mol. The Kier molecular flexibility index (Phi) is 4.82. The molecule has 0 radical (unpaired) electrons. The van der Waals surface area contributed by atoms with E-state index in [0.717, 1.165) is 50.5 Å². The Hall–Kier alpha value is -1.58. The largest absolute Gasteiger partial charge is 0.469 e. The Morgan fingerprint density at radius 3 is 2.80 bits per heavy atom. The van der Waals surface area contributed by atoms with Gasteiger partial charge in [0.2, 0.25) is 0 Å². The molecule has 4 nitrogen and oxygen atoms in total. The summed E-state index contributed by atoms with van der Waals surface area (Å²) in [6, 6.07) is 0. The molecule has 25 heavy (non-hydrogen) atoms. The standard InChI is InChI=1S/C21H30O4/c1-14-6-9-17-20(2,11-5-12-21(17,3)19(23)24-4)16(14)8-7-15-10-13-25-18(15)22/h10,16-17H,1,5-9,11-13H2,2-4H3/t16-,17-,20-,21+/m1/s1. The number of methoxy groups -OCH3 is 1. The highest BCUT2D eigenvalue weighted by atomic mass is 16.5. The Morgan fingerprint density at radius 2 is 2.16 bits per heavy atom. The van der Waals surface area contributed by atoms with E-state index in [1.165, 1.54) is 12.7 Å². The lowest BCUT2D eigenvalue weighted by Gasteiger charge is -2.57. The fourth-order valence-electron chi connectivity index (χ4n) is 5.86. The Bertz CT molecular complexity index is 619. The predicted molar refractivity (Wildman–Crippen MR) is 95.7 cm³/mol. The van der Waals surface area contributed by atoms with E-state index in [0.29, 0.717) is 18.4 Å². The minimum Gasteiger partial charge on any atom is -0.469 e. The van der Waals surface area contributed by atoms with Crippen LogP contribution in [0.1, 0.15) is 58.8 Å². The van der Waals surface area contributed by atoms with E-state index < -0.39 is 5.41 Å². The third kappa shape index (κ3) is 2.94. The van der Waals surface area contributed by atoms with E-state index in [1.54, 1.807) is 0 Å². The molecule has 1 aliphatic heterocycles. The van der Waals surface area contributed by atoms with Crippen LogP contribution in [0.25, 0.3) is 0 Å². The predicted octanol–water partition coefficient (Wildman–Crippen LogP) is 4.20. The Labute approximate surface area is 150 Å². The molecule has 4 atom stereocenters. The van der Waals surface area contributed by atoms with Gasteiger partial charge in [-0.1, -0.05) is 25.5 Å². The molecule has 138 valence electrons. The zero-order valence-corrected chi connectivity index (χ0v) is 15.7. The summed E-state index contributed by atoms with van der Waals surface area (Å²) in [5.74, 6) is 0.397. The van der Waals surface area contributed by atoms with E-state index in [9.17, 15) is 9.59 Å². The number of allylic oxidation sites excluding steroid dienone is 1. The molecule has 0 unspecified atom stereocenters. The molecule has 2 saturated carbocycles. The molecule has 0 bridgehead atoms. The first-order valence-electron chi connectivity index (χ1n) is 9.45. The molecule has 3 aliphatic rings. The van der Waals surface area contributed by atoms with Gasteiger partial charge in [0.15, 0.2) is 0 Å². The van der Waals surface area contributed by atoms with Gasteiger partial charge in [0.1, 0.15) is 6.61 Å². The summed E-state index contributed by atoms with van der Waals surface area (Å²) >= 11 is 0. The number of hydrogen-bond acceptors (Lipinski definition) is 4. The highest BCUT2D eigenvalue weighted by Gasteiger charge is 2.57. The van der Waals surface area contributed by atoms with Crippen LogP contribution >= 0.6 is 0 Å². The van der Waals surface area contributed by atoms with Crippen LogP contribution in [0.15, 0.2) is 23.8 Å². The molecule has 0 aromatic carbocycles. The van der Waals surface area contributed by atoms with Gasteiger partial charge in [-0.3, -0.25) is 4.79 Å². The van der Waals surface area contributed by atoms with Crippen LogP contribution in [0.2, 0.25) is 0 Å². The van der Waals surface area contributed by atoms with E-state index in [2.05, 4.69) is 20.4 Å². The third-order valence-electron chi connectivity index (χ3n) is 7.18. The number of esters is 2. The lowest BCUT2D eigenvalue weighted by atomic mass is 9.46. The van der Waals surface area contributed by atoms with Crippen molar-refractivity contribution < 1.29 is 19.1 Å². The lowest BCUT2D eigenvalue weighted by Crippen LogP contribution is -2.53. The molecule has 0 saturated heterocycles. The monoisotopic (exact) mass is 346 g/mol. The summed E-state index contributed by atoms with van der Waals surface area (Å²) in [6.45, 7) is 9.17. The number of carbonyl (C=O) groups is 2. The number of cyclic esters (lactones) is 1. The van der Waals surface area contributed by atoms with Crippen molar-refractivity contribution in [2.45, 2.75) is 58.8 Å². The van der Waals surface area contributed by atoms with Crippen LogP contribution in [-0.2, 0) is 19.1 Å².